The van der Waals surface area contributed by atoms with Crippen LogP contribution in [0.25, 0.3) is 0 Å². The highest BCUT2D eigenvalue weighted by Crippen LogP contribution is 2.66. The summed E-state index contributed by atoms with van der Waals surface area (Å²) in [5, 5.41) is 0. The standard InChI is InChI=1S/C9H14N2O2/c10-6(12)9(7(11)13)5-4-8(9)2-1-3-8/h1-5H2,(H2,10,12)(H2,11,13). The van der Waals surface area contributed by atoms with Crippen molar-refractivity contribution in [3.8, 4) is 0 Å². The average Bonchev–Trinajstić information content (AvgIpc) is 1.78. The summed E-state index contributed by atoms with van der Waals surface area (Å²) in [5.74, 6) is -1.04. The molecule has 4 nitrogen and oxygen atoms in total. The molecular weight excluding hydrogens is 168 g/mol. The summed E-state index contributed by atoms with van der Waals surface area (Å²) in [7, 11) is 0. The van der Waals surface area contributed by atoms with E-state index in [0.29, 0.717) is 6.42 Å². The van der Waals surface area contributed by atoms with Crippen LogP contribution >= 0.6 is 0 Å². The second-order valence-electron chi connectivity index (χ2n) is 4.27. The summed E-state index contributed by atoms with van der Waals surface area (Å²) < 4.78 is 0. The predicted molar refractivity (Wildman–Crippen MR) is 46.3 cm³/mol. The first-order chi connectivity index (χ1) is 6.05. The maximum Gasteiger partial charge on any atom is 0.233 e. The van der Waals surface area contributed by atoms with Gasteiger partial charge in [-0.2, -0.15) is 0 Å². The molecule has 1 spiro atoms. The molecule has 0 unspecified atom stereocenters. The fourth-order valence-electron chi connectivity index (χ4n) is 2.90. The Morgan fingerprint density at radius 3 is 1.54 bits per heavy atom. The molecule has 0 heterocycles. The van der Waals surface area contributed by atoms with Crippen molar-refractivity contribution >= 4 is 11.8 Å². The van der Waals surface area contributed by atoms with Crippen molar-refractivity contribution in [2.24, 2.45) is 22.3 Å². The Kier molecular flexibility index (Phi) is 1.47. The van der Waals surface area contributed by atoms with Crippen molar-refractivity contribution in [3.63, 3.8) is 0 Å². The molecule has 2 fully saturated rings. The summed E-state index contributed by atoms with van der Waals surface area (Å²) in [5.41, 5.74) is 9.40. The molecule has 2 amide bonds. The zero-order chi connectivity index (χ0) is 9.69. The third-order valence-electron chi connectivity index (χ3n) is 4.04. The molecule has 72 valence electrons. The van der Waals surface area contributed by atoms with E-state index in [-0.39, 0.29) is 5.41 Å². The van der Waals surface area contributed by atoms with E-state index >= 15 is 0 Å². The monoisotopic (exact) mass is 182 g/mol. The fraction of sp³-hybridized carbons (Fsp3) is 0.778. The highest BCUT2D eigenvalue weighted by atomic mass is 16.2. The van der Waals surface area contributed by atoms with Crippen LogP contribution in [0.3, 0.4) is 0 Å². The summed E-state index contributed by atoms with van der Waals surface area (Å²) in [6.07, 6.45) is 4.43. The van der Waals surface area contributed by atoms with Gasteiger partial charge in [-0.1, -0.05) is 6.42 Å². The molecule has 2 aliphatic rings. The van der Waals surface area contributed by atoms with Crippen molar-refractivity contribution in [1.29, 1.82) is 0 Å². The van der Waals surface area contributed by atoms with E-state index in [2.05, 4.69) is 0 Å². The summed E-state index contributed by atoms with van der Waals surface area (Å²) in [4.78, 5) is 22.5. The summed E-state index contributed by atoms with van der Waals surface area (Å²) in [6, 6.07) is 0. The number of rotatable bonds is 2. The van der Waals surface area contributed by atoms with Crippen LogP contribution in [0.15, 0.2) is 0 Å². The van der Waals surface area contributed by atoms with Gasteiger partial charge in [-0.25, -0.2) is 0 Å². The molecule has 0 radical (unpaired) electrons. The highest BCUT2D eigenvalue weighted by Gasteiger charge is 2.68. The van der Waals surface area contributed by atoms with E-state index in [1.165, 1.54) is 0 Å². The molecule has 0 aromatic heterocycles. The minimum Gasteiger partial charge on any atom is -0.369 e. The van der Waals surface area contributed by atoms with Crippen LogP contribution in [0.2, 0.25) is 0 Å². The van der Waals surface area contributed by atoms with Crippen LogP contribution in [-0.4, -0.2) is 11.8 Å². The van der Waals surface area contributed by atoms with E-state index in [1.807, 2.05) is 0 Å². The molecule has 2 saturated carbocycles. The first-order valence-electron chi connectivity index (χ1n) is 4.65. The average molecular weight is 182 g/mol. The van der Waals surface area contributed by atoms with Gasteiger partial charge in [0.15, 0.2) is 0 Å². The quantitative estimate of drug-likeness (QED) is 0.584. The van der Waals surface area contributed by atoms with Gasteiger partial charge in [-0.05, 0) is 31.1 Å². The van der Waals surface area contributed by atoms with E-state index in [1.54, 1.807) is 0 Å². The maximum absolute atomic E-state index is 11.3. The summed E-state index contributed by atoms with van der Waals surface area (Å²) in [6.45, 7) is 0. The minimum absolute atomic E-state index is 0.148. The zero-order valence-corrected chi connectivity index (χ0v) is 7.51. The third kappa shape index (κ3) is 0.716. The van der Waals surface area contributed by atoms with Gasteiger partial charge in [0.2, 0.25) is 11.8 Å². The molecule has 4 heteroatoms. The lowest BCUT2D eigenvalue weighted by Gasteiger charge is -2.61. The number of carbonyl (C=O) groups is 2. The largest absolute Gasteiger partial charge is 0.369 e. The lowest BCUT2D eigenvalue weighted by molar-refractivity contribution is -0.178. The van der Waals surface area contributed by atoms with Crippen molar-refractivity contribution in [2.45, 2.75) is 32.1 Å². The second-order valence-corrected chi connectivity index (χ2v) is 4.27. The molecule has 0 saturated heterocycles. The van der Waals surface area contributed by atoms with Crippen LogP contribution in [0.1, 0.15) is 32.1 Å². The first kappa shape index (κ1) is 8.53. The molecule has 0 aromatic carbocycles. The van der Waals surface area contributed by atoms with Crippen LogP contribution < -0.4 is 11.5 Å². The normalized spacial score (nSPS) is 27.4. The Bertz CT molecular complexity index is 262. The van der Waals surface area contributed by atoms with Gasteiger partial charge in [-0.15, -0.1) is 0 Å². The topological polar surface area (TPSA) is 86.2 Å². The number of hydrogen-bond acceptors (Lipinski definition) is 2. The van der Waals surface area contributed by atoms with Crippen LogP contribution in [0.5, 0.6) is 0 Å². The Hall–Kier alpha value is -1.06. The SMILES string of the molecule is NC(=O)C1(C(N)=O)CCC12CCC2. The maximum atomic E-state index is 11.3. The number of amides is 2. The smallest absolute Gasteiger partial charge is 0.233 e. The van der Waals surface area contributed by atoms with Gasteiger partial charge in [0.1, 0.15) is 5.41 Å². The summed E-state index contributed by atoms with van der Waals surface area (Å²) >= 11 is 0. The third-order valence-corrected chi connectivity index (χ3v) is 4.04. The van der Waals surface area contributed by atoms with Crippen LogP contribution in [0, 0.1) is 10.8 Å². The number of carbonyl (C=O) groups excluding carboxylic acids is 2. The molecule has 0 aromatic rings. The number of primary amides is 2. The second kappa shape index (κ2) is 2.25. The van der Waals surface area contributed by atoms with Crippen LogP contribution in [-0.2, 0) is 9.59 Å². The van der Waals surface area contributed by atoms with E-state index in [0.717, 1.165) is 25.7 Å². The highest BCUT2D eigenvalue weighted by molar-refractivity contribution is 6.06. The predicted octanol–water partition coefficient (Wildman–Crippen LogP) is -0.0925. The fourth-order valence-corrected chi connectivity index (χ4v) is 2.90. The molecule has 0 aliphatic heterocycles. The van der Waals surface area contributed by atoms with Gasteiger partial charge in [-0.3, -0.25) is 9.59 Å². The van der Waals surface area contributed by atoms with Gasteiger partial charge in [0.05, 0.1) is 0 Å². The van der Waals surface area contributed by atoms with Crippen molar-refractivity contribution < 1.29 is 9.59 Å². The van der Waals surface area contributed by atoms with Gasteiger partial charge >= 0.3 is 0 Å². The first-order valence-corrected chi connectivity index (χ1v) is 4.65. The van der Waals surface area contributed by atoms with Gasteiger partial charge < -0.3 is 11.5 Å². The minimum atomic E-state index is -1.01. The van der Waals surface area contributed by atoms with Gasteiger partial charge in [0.25, 0.3) is 0 Å². The van der Waals surface area contributed by atoms with Crippen molar-refractivity contribution in [1.82, 2.24) is 0 Å². The Labute approximate surface area is 76.6 Å². The van der Waals surface area contributed by atoms with E-state index in [9.17, 15) is 9.59 Å². The zero-order valence-electron chi connectivity index (χ0n) is 7.51. The molecule has 2 rings (SSSR count). The molecule has 4 N–H and O–H groups in total. The van der Waals surface area contributed by atoms with Gasteiger partial charge in [0, 0.05) is 0 Å². The Morgan fingerprint density at radius 1 is 0.923 bits per heavy atom. The van der Waals surface area contributed by atoms with Crippen molar-refractivity contribution in [3.05, 3.63) is 0 Å². The number of hydrogen-bond donors (Lipinski definition) is 2. The molecule has 2 aliphatic carbocycles. The van der Waals surface area contributed by atoms with E-state index < -0.39 is 17.2 Å². The number of nitrogens with two attached hydrogens (primary N) is 2. The molecule has 0 atom stereocenters. The molecule has 13 heavy (non-hydrogen) atoms. The molecular formula is C9H14N2O2. The van der Waals surface area contributed by atoms with Crippen LogP contribution in [0.4, 0.5) is 0 Å². The lowest BCUT2D eigenvalue weighted by Crippen LogP contribution is -2.67. The Morgan fingerprint density at radius 2 is 1.46 bits per heavy atom. The molecule has 0 bridgehead atoms. The van der Waals surface area contributed by atoms with E-state index in [4.69, 9.17) is 11.5 Å². The Balaban J connectivity index is 2.35. The lowest BCUT2D eigenvalue weighted by atomic mass is 9.41. The van der Waals surface area contributed by atoms with Crippen molar-refractivity contribution in [2.75, 3.05) is 0 Å².